The number of esters is 1. The first kappa shape index (κ1) is 18.3. The maximum atomic E-state index is 12.5. The number of likely N-dealkylation sites (tertiary alicyclic amines) is 1. The number of urea groups is 1. The van der Waals surface area contributed by atoms with Crippen LogP contribution in [-0.4, -0.2) is 44.9 Å². The molecular formula is C17H28N4O3. The summed E-state index contributed by atoms with van der Waals surface area (Å²) in [5.74, 6) is 0.331. The molecule has 7 nitrogen and oxygen atoms in total. The summed E-state index contributed by atoms with van der Waals surface area (Å²) >= 11 is 0. The summed E-state index contributed by atoms with van der Waals surface area (Å²) in [6.07, 6.45) is 5.72. The van der Waals surface area contributed by atoms with Gasteiger partial charge in [-0.25, -0.2) is 4.79 Å². The molecule has 134 valence electrons. The fraction of sp³-hybridized carbons (Fsp3) is 0.706. The molecule has 0 radical (unpaired) electrons. The first-order valence-corrected chi connectivity index (χ1v) is 8.54. The fourth-order valence-corrected chi connectivity index (χ4v) is 2.91. The number of ether oxygens (including phenoxy) is 1. The second-order valence-electron chi connectivity index (χ2n) is 7.27. The highest BCUT2D eigenvalue weighted by atomic mass is 16.6. The van der Waals surface area contributed by atoms with Crippen LogP contribution >= 0.6 is 0 Å². The maximum Gasteiger partial charge on any atom is 0.323 e. The molecule has 1 aromatic heterocycles. The fourth-order valence-electron chi connectivity index (χ4n) is 2.91. The standard InChI is InChI=1S/C17H28N4O3/c1-17(2,3)24-15(22)9-8-13-7-5-6-11-21(13)16(23)18-14-10-12-20(4)19-14/h10,12-13H,5-9,11H2,1-4H3,(H,18,19,23). The van der Waals surface area contributed by atoms with Crippen molar-refractivity contribution in [3.05, 3.63) is 12.3 Å². The number of aryl methyl sites for hydroxylation is 1. The Hall–Kier alpha value is -2.05. The summed E-state index contributed by atoms with van der Waals surface area (Å²) in [4.78, 5) is 26.2. The number of hydrogen-bond donors (Lipinski definition) is 1. The van der Waals surface area contributed by atoms with Crippen LogP contribution in [0.3, 0.4) is 0 Å². The zero-order chi connectivity index (χ0) is 17.7. The molecule has 0 bridgehead atoms. The monoisotopic (exact) mass is 336 g/mol. The molecule has 0 aliphatic carbocycles. The van der Waals surface area contributed by atoms with E-state index in [1.807, 2.05) is 25.7 Å². The summed E-state index contributed by atoms with van der Waals surface area (Å²) in [5, 5.41) is 7.00. The van der Waals surface area contributed by atoms with Gasteiger partial charge < -0.3 is 9.64 Å². The van der Waals surface area contributed by atoms with Crippen LogP contribution in [0.5, 0.6) is 0 Å². The van der Waals surface area contributed by atoms with E-state index in [1.54, 1.807) is 24.0 Å². The largest absolute Gasteiger partial charge is 0.460 e. The highest BCUT2D eigenvalue weighted by Gasteiger charge is 2.28. The number of rotatable bonds is 4. The first-order chi connectivity index (χ1) is 11.2. The Bertz CT molecular complexity index is 577. The van der Waals surface area contributed by atoms with Crippen molar-refractivity contribution in [3.63, 3.8) is 0 Å². The highest BCUT2D eigenvalue weighted by Crippen LogP contribution is 2.22. The van der Waals surface area contributed by atoms with Crippen LogP contribution in [0.2, 0.25) is 0 Å². The summed E-state index contributed by atoms with van der Waals surface area (Å²) < 4.78 is 7.00. The second-order valence-corrected chi connectivity index (χ2v) is 7.27. The van der Waals surface area contributed by atoms with Gasteiger partial charge >= 0.3 is 12.0 Å². The minimum atomic E-state index is -0.473. The minimum absolute atomic E-state index is 0.0648. The lowest BCUT2D eigenvalue weighted by atomic mass is 9.98. The Morgan fingerprint density at radius 3 is 2.75 bits per heavy atom. The Kier molecular flexibility index (Phi) is 5.85. The van der Waals surface area contributed by atoms with Gasteiger partial charge in [-0.3, -0.25) is 14.8 Å². The number of anilines is 1. The van der Waals surface area contributed by atoms with E-state index in [2.05, 4.69) is 10.4 Å². The third kappa shape index (κ3) is 5.54. The van der Waals surface area contributed by atoms with Crippen LogP contribution in [0, 0.1) is 0 Å². The molecule has 2 amide bonds. The Balaban J connectivity index is 1.89. The minimum Gasteiger partial charge on any atom is -0.460 e. The van der Waals surface area contributed by atoms with E-state index < -0.39 is 5.60 Å². The average Bonchev–Trinajstić information content (AvgIpc) is 2.89. The van der Waals surface area contributed by atoms with E-state index in [0.29, 0.717) is 25.2 Å². The van der Waals surface area contributed by atoms with Crippen LogP contribution in [0.1, 0.15) is 52.9 Å². The number of piperidine rings is 1. The molecule has 1 aromatic rings. The van der Waals surface area contributed by atoms with Crippen LogP contribution < -0.4 is 5.32 Å². The number of carbonyl (C=O) groups excluding carboxylic acids is 2. The molecule has 1 aliphatic rings. The maximum absolute atomic E-state index is 12.5. The smallest absolute Gasteiger partial charge is 0.323 e. The lowest BCUT2D eigenvalue weighted by molar-refractivity contribution is -0.155. The average molecular weight is 336 g/mol. The lowest BCUT2D eigenvalue weighted by Crippen LogP contribution is -2.46. The summed E-state index contributed by atoms with van der Waals surface area (Å²) in [5.41, 5.74) is -0.473. The van der Waals surface area contributed by atoms with E-state index in [0.717, 1.165) is 19.3 Å². The Morgan fingerprint density at radius 2 is 2.12 bits per heavy atom. The zero-order valence-electron chi connectivity index (χ0n) is 15.0. The predicted molar refractivity (Wildman–Crippen MR) is 91.7 cm³/mol. The van der Waals surface area contributed by atoms with E-state index in [9.17, 15) is 9.59 Å². The Morgan fingerprint density at radius 1 is 1.38 bits per heavy atom. The third-order valence-electron chi connectivity index (χ3n) is 3.94. The molecule has 0 saturated carbocycles. The predicted octanol–water partition coefficient (Wildman–Crippen LogP) is 2.93. The molecule has 1 fully saturated rings. The molecule has 2 heterocycles. The molecule has 0 aromatic carbocycles. The van der Waals surface area contributed by atoms with Gasteiger partial charge in [0.2, 0.25) is 0 Å². The molecule has 1 saturated heterocycles. The SMILES string of the molecule is Cn1ccc(NC(=O)N2CCCCC2CCC(=O)OC(C)(C)C)n1. The quantitative estimate of drug-likeness (QED) is 0.858. The summed E-state index contributed by atoms with van der Waals surface area (Å²) in [6, 6.07) is 1.68. The topological polar surface area (TPSA) is 76.5 Å². The molecule has 1 atom stereocenters. The van der Waals surface area contributed by atoms with Gasteiger partial charge in [0.15, 0.2) is 5.82 Å². The Labute approximate surface area is 143 Å². The van der Waals surface area contributed by atoms with Gasteiger partial charge in [-0.2, -0.15) is 5.10 Å². The summed E-state index contributed by atoms with van der Waals surface area (Å²) in [7, 11) is 1.81. The number of nitrogens with one attached hydrogen (secondary N) is 1. The van der Waals surface area contributed by atoms with Crippen molar-refractivity contribution >= 4 is 17.8 Å². The van der Waals surface area contributed by atoms with E-state index in [4.69, 9.17) is 4.74 Å². The second kappa shape index (κ2) is 7.68. The molecule has 1 N–H and O–H groups in total. The normalized spacial score (nSPS) is 18.3. The zero-order valence-corrected chi connectivity index (χ0v) is 15.0. The third-order valence-corrected chi connectivity index (χ3v) is 3.94. The van der Waals surface area contributed by atoms with Crippen LogP contribution in [0.4, 0.5) is 10.6 Å². The molecule has 0 spiro atoms. The molecule has 7 heteroatoms. The summed E-state index contributed by atoms with van der Waals surface area (Å²) in [6.45, 7) is 6.28. The molecule has 1 aliphatic heterocycles. The van der Waals surface area contributed by atoms with E-state index >= 15 is 0 Å². The van der Waals surface area contributed by atoms with Crippen molar-refractivity contribution in [1.82, 2.24) is 14.7 Å². The van der Waals surface area contributed by atoms with Crippen molar-refractivity contribution in [3.8, 4) is 0 Å². The van der Waals surface area contributed by atoms with Crippen LogP contribution in [0.15, 0.2) is 12.3 Å². The number of aromatic nitrogens is 2. The van der Waals surface area contributed by atoms with Gasteiger partial charge in [-0.05, 0) is 46.5 Å². The van der Waals surface area contributed by atoms with Gasteiger partial charge in [0.25, 0.3) is 0 Å². The van der Waals surface area contributed by atoms with Crippen molar-refractivity contribution in [2.45, 2.75) is 64.5 Å². The van der Waals surface area contributed by atoms with Crippen molar-refractivity contribution < 1.29 is 14.3 Å². The lowest BCUT2D eigenvalue weighted by Gasteiger charge is -2.35. The molecular weight excluding hydrogens is 308 g/mol. The van der Waals surface area contributed by atoms with Crippen molar-refractivity contribution in [2.75, 3.05) is 11.9 Å². The number of carbonyl (C=O) groups is 2. The van der Waals surface area contributed by atoms with Gasteiger partial charge in [-0.15, -0.1) is 0 Å². The van der Waals surface area contributed by atoms with Crippen LogP contribution in [-0.2, 0) is 16.6 Å². The van der Waals surface area contributed by atoms with Gasteiger partial charge in [-0.1, -0.05) is 0 Å². The molecule has 2 rings (SSSR count). The van der Waals surface area contributed by atoms with Gasteiger partial charge in [0.05, 0.1) is 0 Å². The van der Waals surface area contributed by atoms with Gasteiger partial charge in [0.1, 0.15) is 5.60 Å². The molecule has 1 unspecified atom stereocenters. The van der Waals surface area contributed by atoms with Crippen molar-refractivity contribution in [1.29, 1.82) is 0 Å². The van der Waals surface area contributed by atoms with Gasteiger partial charge in [0, 0.05) is 38.3 Å². The highest BCUT2D eigenvalue weighted by molar-refractivity contribution is 5.88. The van der Waals surface area contributed by atoms with Crippen molar-refractivity contribution in [2.24, 2.45) is 7.05 Å². The number of nitrogens with zero attached hydrogens (tertiary/aromatic N) is 3. The van der Waals surface area contributed by atoms with E-state index in [-0.39, 0.29) is 18.0 Å². The number of hydrogen-bond acceptors (Lipinski definition) is 4. The van der Waals surface area contributed by atoms with E-state index in [1.165, 1.54) is 0 Å². The number of amides is 2. The van der Waals surface area contributed by atoms with Crippen LogP contribution in [0.25, 0.3) is 0 Å². The molecule has 24 heavy (non-hydrogen) atoms. The first-order valence-electron chi connectivity index (χ1n) is 8.54.